The van der Waals surface area contributed by atoms with Gasteiger partial charge in [-0.3, -0.25) is 4.57 Å². The molecule has 4 atom stereocenters. The summed E-state index contributed by atoms with van der Waals surface area (Å²) in [5, 5.41) is 18.4. The number of nitrogen functional groups attached to an aromatic ring is 1. The van der Waals surface area contributed by atoms with Gasteiger partial charge < -0.3 is 20.7 Å². The molecule has 1 aromatic rings. The van der Waals surface area contributed by atoms with E-state index >= 15 is 0 Å². The molecule has 0 aromatic carbocycles. The highest BCUT2D eigenvalue weighted by molar-refractivity contribution is 9.10. The topological polar surface area (TPSA) is 111 Å². The number of hydrogen-bond acceptors (Lipinski definition) is 6. The van der Waals surface area contributed by atoms with Crippen LogP contribution < -0.4 is 11.4 Å². The molecule has 2 heterocycles. The van der Waals surface area contributed by atoms with Crippen LogP contribution in [0.2, 0.25) is 0 Å². The smallest absolute Gasteiger partial charge is 0.351 e. The van der Waals surface area contributed by atoms with E-state index in [0.29, 0.717) is 4.47 Å². The molecule has 1 fully saturated rings. The Balaban J connectivity index is 2.39. The summed E-state index contributed by atoms with van der Waals surface area (Å²) in [4.78, 5) is 15.1. The normalized spacial score (nSPS) is 31.8. The van der Waals surface area contributed by atoms with Gasteiger partial charge in [0.05, 0.1) is 11.1 Å². The summed E-state index contributed by atoms with van der Waals surface area (Å²) < 4.78 is 20.1. The molecular formula is C9H11BrFN3O4. The molecule has 18 heavy (non-hydrogen) atoms. The number of alkyl halides is 1. The van der Waals surface area contributed by atoms with Crippen molar-refractivity contribution in [3.05, 3.63) is 21.2 Å². The van der Waals surface area contributed by atoms with E-state index in [0.717, 1.165) is 4.57 Å². The first-order valence-corrected chi connectivity index (χ1v) is 5.87. The number of aliphatic hydroxyl groups excluding tert-OH is 2. The lowest BCUT2D eigenvalue weighted by molar-refractivity contribution is -0.0491. The summed E-state index contributed by atoms with van der Waals surface area (Å²) in [6.07, 6.45) is -4.52. The largest absolute Gasteiger partial charge is 0.394 e. The Labute approximate surface area is 109 Å². The van der Waals surface area contributed by atoms with Crippen LogP contribution in [0.5, 0.6) is 0 Å². The van der Waals surface area contributed by atoms with Crippen LogP contribution in [-0.4, -0.2) is 44.8 Å². The molecule has 0 radical (unpaired) electrons. The molecule has 1 aliphatic rings. The second kappa shape index (κ2) is 4.92. The number of aromatic nitrogens is 2. The average Bonchev–Trinajstić information content (AvgIpc) is 2.61. The van der Waals surface area contributed by atoms with E-state index in [4.69, 9.17) is 15.6 Å². The Hall–Kier alpha value is -1.03. The number of nitrogens with two attached hydrogens (primary N) is 1. The lowest BCUT2D eigenvalue weighted by Crippen LogP contribution is -2.33. The highest BCUT2D eigenvalue weighted by atomic mass is 79.9. The summed E-state index contributed by atoms with van der Waals surface area (Å²) in [7, 11) is 0. The lowest BCUT2D eigenvalue weighted by Gasteiger charge is -2.16. The number of hydrogen-bond donors (Lipinski definition) is 3. The minimum Gasteiger partial charge on any atom is -0.394 e. The van der Waals surface area contributed by atoms with Gasteiger partial charge in [-0.2, -0.15) is 4.98 Å². The van der Waals surface area contributed by atoms with E-state index in [1.165, 1.54) is 6.20 Å². The first kappa shape index (κ1) is 13.4. The van der Waals surface area contributed by atoms with E-state index < -0.39 is 36.9 Å². The summed E-state index contributed by atoms with van der Waals surface area (Å²) in [6.45, 7) is -0.545. The maximum Gasteiger partial charge on any atom is 0.351 e. The molecule has 0 bridgehead atoms. The van der Waals surface area contributed by atoms with E-state index in [1.807, 2.05) is 0 Å². The molecule has 0 aliphatic carbocycles. The van der Waals surface area contributed by atoms with Crippen molar-refractivity contribution in [3.8, 4) is 0 Å². The van der Waals surface area contributed by atoms with Gasteiger partial charge in [0.2, 0.25) is 0 Å². The van der Waals surface area contributed by atoms with Gasteiger partial charge in [0.15, 0.2) is 12.4 Å². The maximum atomic E-state index is 13.8. The van der Waals surface area contributed by atoms with Crippen molar-refractivity contribution in [2.24, 2.45) is 0 Å². The number of ether oxygens (including phenoxy) is 1. The molecule has 4 N–H and O–H groups in total. The molecule has 0 amide bonds. The minimum atomic E-state index is -1.84. The number of nitrogens with zero attached hydrogens (tertiary/aromatic N) is 2. The van der Waals surface area contributed by atoms with Crippen molar-refractivity contribution in [1.82, 2.24) is 9.55 Å². The molecule has 1 saturated heterocycles. The summed E-state index contributed by atoms with van der Waals surface area (Å²) in [5.41, 5.74) is 4.61. The van der Waals surface area contributed by atoms with Crippen LogP contribution in [0.25, 0.3) is 0 Å². The van der Waals surface area contributed by atoms with Gasteiger partial charge in [-0.25, -0.2) is 9.18 Å². The van der Waals surface area contributed by atoms with Crippen LogP contribution in [-0.2, 0) is 4.74 Å². The van der Waals surface area contributed by atoms with E-state index in [2.05, 4.69) is 20.9 Å². The first-order valence-electron chi connectivity index (χ1n) is 5.08. The fourth-order valence-electron chi connectivity index (χ4n) is 1.72. The molecule has 1 aliphatic heterocycles. The van der Waals surface area contributed by atoms with Gasteiger partial charge in [0.25, 0.3) is 0 Å². The Bertz CT molecular complexity index is 511. The van der Waals surface area contributed by atoms with Crippen molar-refractivity contribution in [2.75, 3.05) is 12.3 Å². The zero-order valence-electron chi connectivity index (χ0n) is 9.03. The molecule has 100 valence electrons. The lowest BCUT2D eigenvalue weighted by atomic mass is 10.1. The summed E-state index contributed by atoms with van der Waals surface area (Å²) in [5.74, 6) is -0.0242. The Morgan fingerprint density at radius 1 is 1.67 bits per heavy atom. The van der Waals surface area contributed by atoms with Gasteiger partial charge in [0, 0.05) is 6.20 Å². The van der Waals surface area contributed by atoms with Crippen molar-refractivity contribution in [3.63, 3.8) is 0 Å². The zero-order valence-corrected chi connectivity index (χ0v) is 10.6. The van der Waals surface area contributed by atoms with Crippen LogP contribution in [0.1, 0.15) is 6.23 Å². The van der Waals surface area contributed by atoms with Crippen LogP contribution >= 0.6 is 15.9 Å². The molecule has 1 aromatic heterocycles. The van der Waals surface area contributed by atoms with Gasteiger partial charge in [0.1, 0.15) is 18.0 Å². The highest BCUT2D eigenvalue weighted by Crippen LogP contribution is 2.31. The SMILES string of the molecule is Nc1nc(=O)n([C@@H]2O[C@H](CO)[C@@H](O)[C@H]2F)cc1Br. The Morgan fingerprint density at radius 2 is 2.33 bits per heavy atom. The van der Waals surface area contributed by atoms with Crippen molar-refractivity contribution >= 4 is 21.7 Å². The monoisotopic (exact) mass is 323 g/mol. The fourth-order valence-corrected chi connectivity index (χ4v) is 2.03. The fraction of sp³-hybridized carbons (Fsp3) is 0.556. The predicted molar refractivity (Wildman–Crippen MR) is 62.5 cm³/mol. The Kier molecular flexibility index (Phi) is 3.66. The van der Waals surface area contributed by atoms with Crippen molar-refractivity contribution in [1.29, 1.82) is 0 Å². The Morgan fingerprint density at radius 3 is 2.89 bits per heavy atom. The highest BCUT2D eigenvalue weighted by Gasteiger charge is 2.45. The van der Waals surface area contributed by atoms with E-state index in [9.17, 15) is 14.3 Å². The first-order chi connectivity index (χ1) is 8.45. The molecule has 0 unspecified atom stereocenters. The standard InChI is InChI=1S/C9H11BrFN3O4/c10-3-1-14(9(17)13-7(3)12)8-5(11)6(16)4(2-15)18-8/h1,4-6,8,15-16H,2H2,(H2,12,13,17)/t4-,5-,6-,8-/m1/s1. The molecule has 0 saturated carbocycles. The van der Waals surface area contributed by atoms with Crippen LogP contribution in [0.3, 0.4) is 0 Å². The number of anilines is 1. The van der Waals surface area contributed by atoms with Crippen LogP contribution in [0.4, 0.5) is 10.2 Å². The average molecular weight is 324 g/mol. The molecule has 7 nitrogen and oxygen atoms in total. The van der Waals surface area contributed by atoms with Gasteiger partial charge in [-0.05, 0) is 15.9 Å². The number of halogens is 2. The van der Waals surface area contributed by atoms with Crippen molar-refractivity contribution in [2.45, 2.75) is 24.6 Å². The quantitative estimate of drug-likeness (QED) is 0.655. The van der Waals surface area contributed by atoms with Crippen LogP contribution in [0.15, 0.2) is 15.5 Å². The van der Waals surface area contributed by atoms with Gasteiger partial charge in [-0.1, -0.05) is 0 Å². The molecule has 2 rings (SSSR count). The third-order valence-corrected chi connectivity index (χ3v) is 3.29. The third kappa shape index (κ3) is 2.14. The maximum absolute atomic E-state index is 13.8. The second-order valence-electron chi connectivity index (χ2n) is 3.85. The van der Waals surface area contributed by atoms with E-state index in [1.54, 1.807) is 0 Å². The van der Waals surface area contributed by atoms with Crippen molar-refractivity contribution < 1.29 is 19.3 Å². The number of rotatable bonds is 2. The second-order valence-corrected chi connectivity index (χ2v) is 4.70. The predicted octanol–water partition coefficient (Wildman–Crippen LogP) is -0.823. The van der Waals surface area contributed by atoms with Gasteiger partial charge >= 0.3 is 5.69 Å². The van der Waals surface area contributed by atoms with Gasteiger partial charge in [-0.15, -0.1) is 0 Å². The van der Waals surface area contributed by atoms with Crippen LogP contribution in [0, 0.1) is 0 Å². The zero-order chi connectivity index (χ0) is 13.4. The number of aliphatic hydroxyl groups is 2. The molecular weight excluding hydrogens is 313 g/mol. The minimum absolute atomic E-state index is 0.0242. The third-order valence-electron chi connectivity index (χ3n) is 2.68. The molecule has 9 heteroatoms. The summed E-state index contributed by atoms with van der Waals surface area (Å²) >= 11 is 3.06. The molecule has 0 spiro atoms. The van der Waals surface area contributed by atoms with E-state index in [-0.39, 0.29) is 5.82 Å². The summed E-state index contributed by atoms with van der Waals surface area (Å²) in [6, 6.07) is 0.